The number of nitrogens with one attached hydrogen (secondary N) is 1. The topological polar surface area (TPSA) is 111 Å². The summed E-state index contributed by atoms with van der Waals surface area (Å²) in [5, 5.41) is 2.65. The fraction of sp³-hybridized carbons (Fsp3) is 0.444. The van der Waals surface area contributed by atoms with E-state index in [1.165, 1.54) is 43.4 Å². The number of esters is 2. The Kier molecular flexibility index (Phi) is 7.30. The first-order valence-electron chi connectivity index (χ1n) is 8.39. The van der Waals surface area contributed by atoms with E-state index >= 15 is 0 Å². The van der Waals surface area contributed by atoms with Gasteiger partial charge in [-0.2, -0.15) is 0 Å². The number of hydrogen-bond donors (Lipinski definition) is 1. The second-order valence-electron chi connectivity index (χ2n) is 5.79. The number of carbonyl (C=O) groups is 4. The Labute approximate surface area is 156 Å². The second kappa shape index (κ2) is 9.67. The van der Waals surface area contributed by atoms with Gasteiger partial charge in [-0.25, -0.2) is 4.79 Å². The molecule has 1 unspecified atom stereocenters. The molecule has 2 amide bonds. The van der Waals surface area contributed by atoms with Crippen LogP contribution in [-0.2, 0) is 23.8 Å². The summed E-state index contributed by atoms with van der Waals surface area (Å²) in [6.45, 7) is 0.879. The molecule has 1 N–H and O–H groups in total. The predicted molar refractivity (Wildman–Crippen MR) is 93.1 cm³/mol. The minimum absolute atomic E-state index is 0.0760. The first-order valence-corrected chi connectivity index (χ1v) is 8.39. The van der Waals surface area contributed by atoms with Crippen molar-refractivity contribution in [3.63, 3.8) is 0 Å². The Balaban J connectivity index is 2.10. The van der Waals surface area contributed by atoms with E-state index < -0.39 is 29.8 Å². The zero-order chi connectivity index (χ0) is 19.8. The summed E-state index contributed by atoms with van der Waals surface area (Å²) in [6.07, 6.45) is -0.248. The number of hydrogen-bond acceptors (Lipinski definition) is 7. The molecule has 1 aromatic rings. The van der Waals surface area contributed by atoms with Crippen LogP contribution in [0.3, 0.4) is 0 Å². The van der Waals surface area contributed by atoms with E-state index in [1.807, 2.05) is 0 Å². The van der Waals surface area contributed by atoms with E-state index in [4.69, 9.17) is 9.47 Å². The van der Waals surface area contributed by atoms with Gasteiger partial charge in [-0.1, -0.05) is 0 Å². The normalized spacial score (nSPS) is 16.4. The van der Waals surface area contributed by atoms with Crippen molar-refractivity contribution in [3.8, 4) is 0 Å². The first kappa shape index (κ1) is 20.4. The van der Waals surface area contributed by atoms with Crippen LogP contribution in [-0.4, -0.2) is 75.2 Å². The number of rotatable bonds is 7. The molecule has 1 aromatic carbocycles. The van der Waals surface area contributed by atoms with Crippen LogP contribution in [0.15, 0.2) is 24.3 Å². The van der Waals surface area contributed by atoms with Crippen LogP contribution >= 0.6 is 0 Å². The molecule has 0 bridgehead atoms. The number of nitrogens with zero attached hydrogens (tertiary/aromatic N) is 1. The Morgan fingerprint density at radius 1 is 1.11 bits per heavy atom. The van der Waals surface area contributed by atoms with Crippen LogP contribution < -0.4 is 5.32 Å². The van der Waals surface area contributed by atoms with E-state index in [-0.39, 0.29) is 26.2 Å². The van der Waals surface area contributed by atoms with E-state index in [2.05, 4.69) is 10.1 Å². The smallest absolute Gasteiger partial charge is 0.337 e. The molecule has 0 spiro atoms. The van der Waals surface area contributed by atoms with Gasteiger partial charge in [0.2, 0.25) is 5.91 Å². The molecule has 2 rings (SSSR count). The molecular formula is C18H22N2O7. The van der Waals surface area contributed by atoms with Crippen LogP contribution in [0.2, 0.25) is 0 Å². The number of ether oxygens (including phenoxy) is 3. The summed E-state index contributed by atoms with van der Waals surface area (Å²) in [5.74, 6) is -1.92. The third-order valence-corrected chi connectivity index (χ3v) is 4.06. The fourth-order valence-electron chi connectivity index (χ4n) is 2.65. The van der Waals surface area contributed by atoms with Gasteiger partial charge in [0.05, 0.1) is 25.7 Å². The summed E-state index contributed by atoms with van der Waals surface area (Å²) >= 11 is 0. The molecule has 1 fully saturated rings. The van der Waals surface area contributed by atoms with Crippen molar-refractivity contribution in [1.82, 2.24) is 10.2 Å². The van der Waals surface area contributed by atoms with Gasteiger partial charge in [0.15, 0.2) is 0 Å². The maximum Gasteiger partial charge on any atom is 0.337 e. The number of methoxy groups -OCH3 is 2. The van der Waals surface area contributed by atoms with Crippen LogP contribution in [0.1, 0.15) is 27.1 Å². The van der Waals surface area contributed by atoms with Crippen molar-refractivity contribution in [2.75, 3.05) is 40.5 Å². The van der Waals surface area contributed by atoms with Crippen LogP contribution in [0.25, 0.3) is 0 Å². The number of amides is 2. The Morgan fingerprint density at radius 2 is 1.78 bits per heavy atom. The first-order chi connectivity index (χ1) is 13.0. The molecule has 1 saturated heterocycles. The Hall–Kier alpha value is -2.94. The highest BCUT2D eigenvalue weighted by atomic mass is 16.6. The maximum atomic E-state index is 12.8. The van der Waals surface area contributed by atoms with Crippen molar-refractivity contribution < 1.29 is 33.4 Å². The van der Waals surface area contributed by atoms with Gasteiger partial charge in [0.25, 0.3) is 5.91 Å². The van der Waals surface area contributed by atoms with Gasteiger partial charge >= 0.3 is 11.9 Å². The highest BCUT2D eigenvalue weighted by Crippen LogP contribution is 2.16. The van der Waals surface area contributed by atoms with Crippen molar-refractivity contribution in [3.05, 3.63) is 35.4 Å². The van der Waals surface area contributed by atoms with Gasteiger partial charge in [0, 0.05) is 25.8 Å². The van der Waals surface area contributed by atoms with Crippen LogP contribution in [0.4, 0.5) is 0 Å². The number of carbonyl (C=O) groups excluding carboxylic acids is 4. The lowest BCUT2D eigenvalue weighted by molar-refractivity contribution is -0.148. The van der Waals surface area contributed by atoms with E-state index in [0.717, 1.165) is 0 Å². The van der Waals surface area contributed by atoms with Crippen LogP contribution in [0.5, 0.6) is 0 Å². The largest absolute Gasteiger partial charge is 0.465 e. The molecule has 1 aliphatic rings. The number of benzene rings is 1. The zero-order valence-corrected chi connectivity index (χ0v) is 15.2. The molecule has 0 aliphatic carbocycles. The van der Waals surface area contributed by atoms with Gasteiger partial charge < -0.3 is 24.4 Å². The van der Waals surface area contributed by atoms with E-state index in [1.54, 1.807) is 0 Å². The monoisotopic (exact) mass is 378 g/mol. The summed E-state index contributed by atoms with van der Waals surface area (Å²) < 4.78 is 14.4. The summed E-state index contributed by atoms with van der Waals surface area (Å²) in [4.78, 5) is 49.8. The van der Waals surface area contributed by atoms with Crippen molar-refractivity contribution in [2.24, 2.45) is 0 Å². The average molecular weight is 378 g/mol. The minimum Gasteiger partial charge on any atom is -0.465 e. The SMILES string of the molecule is COCCOC(=O)CC1C(=O)NCCN1C(=O)c1ccc(C(=O)OC)cc1. The molecule has 1 atom stereocenters. The lowest BCUT2D eigenvalue weighted by Gasteiger charge is -2.34. The summed E-state index contributed by atoms with van der Waals surface area (Å²) in [6, 6.07) is 4.94. The van der Waals surface area contributed by atoms with Crippen molar-refractivity contribution >= 4 is 23.8 Å². The molecule has 0 saturated carbocycles. The van der Waals surface area contributed by atoms with Crippen LogP contribution in [0, 0.1) is 0 Å². The number of piperazine rings is 1. The summed E-state index contributed by atoms with van der Waals surface area (Å²) in [5.41, 5.74) is 0.610. The van der Waals surface area contributed by atoms with E-state index in [9.17, 15) is 19.2 Å². The average Bonchev–Trinajstić information content (AvgIpc) is 2.68. The maximum absolute atomic E-state index is 12.8. The molecular weight excluding hydrogens is 356 g/mol. The molecule has 0 radical (unpaired) electrons. The third-order valence-electron chi connectivity index (χ3n) is 4.06. The molecule has 146 valence electrons. The predicted octanol–water partition coefficient (Wildman–Crippen LogP) is -0.00650. The minimum atomic E-state index is -0.957. The van der Waals surface area contributed by atoms with E-state index in [0.29, 0.717) is 17.7 Å². The highest BCUT2D eigenvalue weighted by molar-refractivity contribution is 6.00. The standard InChI is InChI=1S/C18H22N2O7/c1-25-9-10-27-15(21)11-14-16(22)19-7-8-20(14)17(23)12-3-5-13(6-4-12)18(24)26-2/h3-6,14H,7-11H2,1-2H3,(H,19,22). The lowest BCUT2D eigenvalue weighted by atomic mass is 10.1. The molecule has 9 heteroatoms. The molecule has 27 heavy (non-hydrogen) atoms. The third kappa shape index (κ3) is 5.27. The molecule has 1 aliphatic heterocycles. The second-order valence-corrected chi connectivity index (χ2v) is 5.79. The summed E-state index contributed by atoms with van der Waals surface area (Å²) in [7, 11) is 2.75. The van der Waals surface area contributed by atoms with Gasteiger partial charge in [0.1, 0.15) is 12.6 Å². The quantitative estimate of drug-likeness (QED) is 0.525. The highest BCUT2D eigenvalue weighted by Gasteiger charge is 2.35. The van der Waals surface area contributed by atoms with Gasteiger partial charge in [-0.15, -0.1) is 0 Å². The Morgan fingerprint density at radius 3 is 2.41 bits per heavy atom. The lowest BCUT2D eigenvalue weighted by Crippen LogP contribution is -2.57. The molecule has 0 aromatic heterocycles. The molecule has 1 heterocycles. The van der Waals surface area contributed by atoms with Gasteiger partial charge in [-0.05, 0) is 24.3 Å². The zero-order valence-electron chi connectivity index (χ0n) is 15.2. The van der Waals surface area contributed by atoms with Crippen molar-refractivity contribution in [1.29, 1.82) is 0 Å². The van der Waals surface area contributed by atoms with Crippen molar-refractivity contribution in [2.45, 2.75) is 12.5 Å². The Bertz CT molecular complexity index is 702. The van der Waals surface area contributed by atoms with Gasteiger partial charge in [-0.3, -0.25) is 14.4 Å². The molecule has 9 nitrogen and oxygen atoms in total. The fourth-order valence-corrected chi connectivity index (χ4v) is 2.65.